The van der Waals surface area contributed by atoms with E-state index in [1.165, 1.54) is 6.92 Å². The van der Waals surface area contributed by atoms with E-state index in [9.17, 15) is 9.90 Å². The number of aromatic nitrogens is 2. The van der Waals surface area contributed by atoms with Crippen LogP contribution in [0.25, 0.3) is 0 Å². The summed E-state index contributed by atoms with van der Waals surface area (Å²) >= 11 is 0. The molecule has 0 aliphatic heterocycles. The van der Waals surface area contributed by atoms with E-state index in [2.05, 4.69) is 5.10 Å². The van der Waals surface area contributed by atoms with Crippen molar-refractivity contribution >= 4 is 5.97 Å². The van der Waals surface area contributed by atoms with Gasteiger partial charge in [-0.25, -0.2) is 4.79 Å². The molecular weight excluding hydrogens is 208 g/mol. The van der Waals surface area contributed by atoms with Gasteiger partial charge in [-0.3, -0.25) is 4.68 Å². The highest BCUT2D eigenvalue weighted by molar-refractivity contribution is 5.77. The van der Waals surface area contributed by atoms with Crippen LogP contribution in [0.5, 0.6) is 0 Å². The maximum atomic E-state index is 10.8. The summed E-state index contributed by atoms with van der Waals surface area (Å²) in [4.78, 5) is 10.8. The van der Waals surface area contributed by atoms with Crippen molar-refractivity contribution in [3.63, 3.8) is 0 Å². The summed E-state index contributed by atoms with van der Waals surface area (Å²) in [6.07, 6.45) is 0.0833. The Morgan fingerprint density at radius 2 is 2.06 bits per heavy atom. The van der Waals surface area contributed by atoms with Crippen LogP contribution < -0.4 is 0 Å². The lowest BCUT2D eigenvalue weighted by Crippen LogP contribution is -2.37. The SMILES string of the molecule is CCn1nc(C)c(CC(C)(O)C(=O)O)c1C. The number of aliphatic carboxylic acids is 1. The lowest BCUT2D eigenvalue weighted by atomic mass is 9.95. The molecule has 1 aromatic rings. The highest BCUT2D eigenvalue weighted by Crippen LogP contribution is 2.20. The van der Waals surface area contributed by atoms with Gasteiger partial charge >= 0.3 is 5.97 Å². The highest BCUT2D eigenvalue weighted by atomic mass is 16.4. The molecule has 0 aromatic carbocycles. The van der Waals surface area contributed by atoms with Gasteiger partial charge in [0.2, 0.25) is 0 Å². The van der Waals surface area contributed by atoms with Gasteiger partial charge in [-0.15, -0.1) is 0 Å². The third-order valence-corrected chi connectivity index (χ3v) is 2.81. The van der Waals surface area contributed by atoms with Gasteiger partial charge in [-0.2, -0.15) is 5.10 Å². The predicted octanol–water partition coefficient (Wildman–Crippen LogP) is 0.898. The first kappa shape index (κ1) is 12.7. The molecule has 1 rings (SSSR count). The number of aliphatic hydroxyl groups is 1. The molecule has 5 nitrogen and oxygen atoms in total. The van der Waals surface area contributed by atoms with E-state index in [1.807, 2.05) is 25.5 Å². The van der Waals surface area contributed by atoms with Gasteiger partial charge in [0.15, 0.2) is 5.60 Å². The Bertz CT molecular complexity index is 408. The number of aryl methyl sites for hydroxylation is 2. The molecule has 0 aliphatic carbocycles. The second kappa shape index (κ2) is 4.25. The van der Waals surface area contributed by atoms with Gasteiger partial charge in [0.1, 0.15) is 0 Å². The van der Waals surface area contributed by atoms with E-state index < -0.39 is 11.6 Å². The normalized spacial score (nSPS) is 14.8. The van der Waals surface area contributed by atoms with Crippen molar-refractivity contribution in [2.75, 3.05) is 0 Å². The maximum Gasteiger partial charge on any atom is 0.335 e. The number of carbonyl (C=O) groups is 1. The van der Waals surface area contributed by atoms with Crippen LogP contribution in [0, 0.1) is 13.8 Å². The average Bonchev–Trinajstić information content (AvgIpc) is 2.44. The molecule has 0 saturated carbocycles. The molecule has 90 valence electrons. The van der Waals surface area contributed by atoms with Gasteiger partial charge in [0.25, 0.3) is 0 Å². The lowest BCUT2D eigenvalue weighted by molar-refractivity contribution is -0.156. The Morgan fingerprint density at radius 1 is 1.50 bits per heavy atom. The zero-order chi connectivity index (χ0) is 12.5. The summed E-state index contributed by atoms with van der Waals surface area (Å²) in [5.41, 5.74) is 0.772. The molecule has 0 spiro atoms. The number of hydrogen-bond donors (Lipinski definition) is 2. The first-order valence-electron chi connectivity index (χ1n) is 5.28. The summed E-state index contributed by atoms with van der Waals surface area (Å²) < 4.78 is 1.81. The molecule has 0 bridgehead atoms. The predicted molar refractivity (Wildman–Crippen MR) is 59.3 cm³/mol. The van der Waals surface area contributed by atoms with Crippen LogP contribution in [-0.4, -0.2) is 31.6 Å². The molecule has 5 heteroatoms. The molecule has 0 amide bonds. The van der Waals surface area contributed by atoms with E-state index in [-0.39, 0.29) is 6.42 Å². The second-order valence-electron chi connectivity index (χ2n) is 4.22. The van der Waals surface area contributed by atoms with Crippen LogP contribution in [0.1, 0.15) is 30.8 Å². The number of carboxylic acids is 1. The van der Waals surface area contributed by atoms with E-state index in [0.717, 1.165) is 23.5 Å². The van der Waals surface area contributed by atoms with Gasteiger partial charge in [0.05, 0.1) is 5.69 Å². The van der Waals surface area contributed by atoms with Gasteiger partial charge in [-0.1, -0.05) is 0 Å². The molecule has 16 heavy (non-hydrogen) atoms. The molecule has 0 aliphatic rings. The zero-order valence-corrected chi connectivity index (χ0v) is 10.1. The molecule has 0 radical (unpaired) electrons. The molecule has 2 N–H and O–H groups in total. The average molecular weight is 226 g/mol. The Kier molecular flexibility index (Phi) is 3.38. The van der Waals surface area contributed by atoms with Gasteiger partial charge in [0, 0.05) is 18.7 Å². The zero-order valence-electron chi connectivity index (χ0n) is 10.1. The van der Waals surface area contributed by atoms with Gasteiger partial charge in [-0.05, 0) is 33.3 Å². The first-order valence-corrected chi connectivity index (χ1v) is 5.28. The van der Waals surface area contributed by atoms with Crippen LogP contribution in [0.3, 0.4) is 0 Å². The number of carboxylic acid groups (broad SMARTS) is 1. The van der Waals surface area contributed by atoms with Crippen molar-refractivity contribution in [1.29, 1.82) is 0 Å². The Morgan fingerprint density at radius 3 is 2.44 bits per heavy atom. The fraction of sp³-hybridized carbons (Fsp3) is 0.636. The van der Waals surface area contributed by atoms with Crippen molar-refractivity contribution in [3.8, 4) is 0 Å². The molecular formula is C11H18N2O3. The van der Waals surface area contributed by atoms with Crippen LogP contribution >= 0.6 is 0 Å². The standard InChI is InChI=1S/C11H18N2O3/c1-5-13-8(3)9(7(2)12-13)6-11(4,16)10(14)15/h16H,5-6H2,1-4H3,(H,14,15). The van der Waals surface area contributed by atoms with Crippen molar-refractivity contribution < 1.29 is 15.0 Å². The van der Waals surface area contributed by atoms with E-state index in [1.54, 1.807) is 0 Å². The number of rotatable bonds is 4. The summed E-state index contributed by atoms with van der Waals surface area (Å²) in [6.45, 7) is 7.72. The fourth-order valence-corrected chi connectivity index (χ4v) is 1.72. The third kappa shape index (κ3) is 2.24. The summed E-state index contributed by atoms with van der Waals surface area (Å²) in [7, 11) is 0. The van der Waals surface area contributed by atoms with Crippen LogP contribution in [0.4, 0.5) is 0 Å². The molecule has 1 heterocycles. The minimum absolute atomic E-state index is 0.0833. The van der Waals surface area contributed by atoms with E-state index >= 15 is 0 Å². The largest absolute Gasteiger partial charge is 0.479 e. The van der Waals surface area contributed by atoms with Crippen LogP contribution in [0.15, 0.2) is 0 Å². The Hall–Kier alpha value is -1.36. The molecule has 1 aromatic heterocycles. The first-order chi connectivity index (χ1) is 7.29. The van der Waals surface area contributed by atoms with Crippen LogP contribution in [-0.2, 0) is 17.8 Å². The third-order valence-electron chi connectivity index (χ3n) is 2.81. The van der Waals surface area contributed by atoms with E-state index in [4.69, 9.17) is 5.11 Å². The Labute approximate surface area is 94.7 Å². The lowest BCUT2D eigenvalue weighted by Gasteiger charge is -2.17. The molecule has 1 unspecified atom stereocenters. The van der Waals surface area contributed by atoms with Crippen molar-refractivity contribution in [2.45, 2.75) is 46.3 Å². The fourth-order valence-electron chi connectivity index (χ4n) is 1.72. The maximum absolute atomic E-state index is 10.8. The molecule has 1 atom stereocenters. The number of hydrogen-bond acceptors (Lipinski definition) is 3. The second-order valence-corrected chi connectivity index (χ2v) is 4.22. The molecule has 0 fully saturated rings. The minimum atomic E-state index is -1.74. The highest BCUT2D eigenvalue weighted by Gasteiger charge is 2.32. The van der Waals surface area contributed by atoms with Crippen molar-refractivity contribution in [3.05, 3.63) is 17.0 Å². The van der Waals surface area contributed by atoms with E-state index in [0.29, 0.717) is 0 Å². The molecule has 0 saturated heterocycles. The van der Waals surface area contributed by atoms with Crippen molar-refractivity contribution in [2.24, 2.45) is 0 Å². The topological polar surface area (TPSA) is 75.3 Å². The summed E-state index contributed by atoms with van der Waals surface area (Å²) in [5.74, 6) is -1.21. The smallest absolute Gasteiger partial charge is 0.335 e. The minimum Gasteiger partial charge on any atom is -0.479 e. The summed E-state index contributed by atoms with van der Waals surface area (Å²) in [5, 5.41) is 22.9. The Balaban J connectivity index is 3.06. The van der Waals surface area contributed by atoms with Gasteiger partial charge < -0.3 is 10.2 Å². The quantitative estimate of drug-likeness (QED) is 0.799. The summed E-state index contributed by atoms with van der Waals surface area (Å²) in [6, 6.07) is 0. The number of nitrogens with zero attached hydrogens (tertiary/aromatic N) is 2. The van der Waals surface area contributed by atoms with Crippen molar-refractivity contribution in [1.82, 2.24) is 9.78 Å². The van der Waals surface area contributed by atoms with Crippen LogP contribution in [0.2, 0.25) is 0 Å². The monoisotopic (exact) mass is 226 g/mol.